The maximum atomic E-state index is 11.1. The van der Waals surface area contributed by atoms with Crippen molar-refractivity contribution in [3.63, 3.8) is 0 Å². The molecule has 4 heteroatoms. The number of Topliss-reactive ketones (excluding diaryl/α,β-unsaturated/α-hetero) is 1. The largest absolute Gasteiger partial charge is 0.493 e. The summed E-state index contributed by atoms with van der Waals surface area (Å²) in [6.45, 7) is 3.55. The van der Waals surface area contributed by atoms with Crippen LogP contribution in [0.2, 0.25) is 0 Å². The summed E-state index contributed by atoms with van der Waals surface area (Å²) in [7, 11) is 0. The molecule has 4 nitrogen and oxygen atoms in total. The van der Waals surface area contributed by atoms with Gasteiger partial charge in [-0.25, -0.2) is 4.79 Å². The Bertz CT molecular complexity index is 396. The van der Waals surface area contributed by atoms with Crippen LogP contribution < -0.4 is 4.74 Å². The minimum Gasteiger partial charge on any atom is -0.493 e. The quantitative estimate of drug-likeness (QED) is 0.768. The van der Waals surface area contributed by atoms with Crippen LogP contribution >= 0.6 is 0 Å². The van der Waals surface area contributed by atoms with Crippen LogP contribution in [0.25, 0.3) is 0 Å². The van der Waals surface area contributed by atoms with Crippen molar-refractivity contribution < 1.29 is 19.4 Å². The summed E-state index contributed by atoms with van der Waals surface area (Å²) in [5.74, 6) is -0.975. The van der Waals surface area contributed by atoms with E-state index in [1.165, 1.54) is 19.1 Å². The van der Waals surface area contributed by atoms with Gasteiger partial charge in [-0.05, 0) is 32.0 Å². The first kappa shape index (κ1) is 11.2. The van der Waals surface area contributed by atoms with Gasteiger partial charge < -0.3 is 9.84 Å². The first-order chi connectivity index (χ1) is 7.06. The first-order valence-electron chi connectivity index (χ1n) is 4.57. The molecule has 80 valence electrons. The van der Waals surface area contributed by atoms with Crippen LogP contribution in [0.4, 0.5) is 0 Å². The fraction of sp³-hybridized carbons (Fsp3) is 0.273. The molecule has 0 saturated heterocycles. The molecule has 0 heterocycles. The molecule has 1 aromatic carbocycles. The van der Waals surface area contributed by atoms with Crippen LogP contribution in [0.5, 0.6) is 5.75 Å². The number of carbonyl (C=O) groups is 2. The number of benzene rings is 1. The number of rotatable bonds is 4. The van der Waals surface area contributed by atoms with Crippen molar-refractivity contribution >= 4 is 11.8 Å². The monoisotopic (exact) mass is 208 g/mol. The second kappa shape index (κ2) is 4.59. The predicted octanol–water partition coefficient (Wildman–Crippen LogP) is 1.99. The van der Waals surface area contributed by atoms with Crippen LogP contribution in [0.1, 0.15) is 34.6 Å². The molecular formula is C11H12O4. The summed E-state index contributed by atoms with van der Waals surface area (Å²) < 4.78 is 5.14. The molecule has 0 fully saturated rings. The average Bonchev–Trinajstić information content (AvgIpc) is 2.18. The Labute approximate surface area is 87.5 Å². The van der Waals surface area contributed by atoms with Gasteiger partial charge in [-0.3, -0.25) is 4.79 Å². The standard InChI is InChI=1S/C11H12O4/c1-3-15-10-5-4-8(7(2)12)6-9(10)11(13)14/h4-6H,3H2,1-2H3,(H,13,14). The van der Waals surface area contributed by atoms with Gasteiger partial charge in [-0.1, -0.05) is 0 Å². The summed E-state index contributed by atoms with van der Waals surface area (Å²) in [4.78, 5) is 21.9. The molecule has 1 N–H and O–H groups in total. The van der Waals surface area contributed by atoms with Crippen molar-refractivity contribution in [2.45, 2.75) is 13.8 Å². The van der Waals surface area contributed by atoms with E-state index < -0.39 is 5.97 Å². The van der Waals surface area contributed by atoms with Crippen molar-refractivity contribution in [2.75, 3.05) is 6.61 Å². The number of ether oxygens (including phenoxy) is 1. The molecule has 0 saturated carbocycles. The fourth-order valence-corrected chi connectivity index (χ4v) is 1.20. The van der Waals surface area contributed by atoms with Crippen LogP contribution in [0.15, 0.2) is 18.2 Å². The molecule has 0 amide bonds. The van der Waals surface area contributed by atoms with E-state index in [9.17, 15) is 9.59 Å². The zero-order valence-corrected chi connectivity index (χ0v) is 8.61. The van der Waals surface area contributed by atoms with Gasteiger partial charge in [0.2, 0.25) is 0 Å². The fourth-order valence-electron chi connectivity index (χ4n) is 1.20. The van der Waals surface area contributed by atoms with Gasteiger partial charge in [0.05, 0.1) is 6.61 Å². The number of hydrogen-bond donors (Lipinski definition) is 1. The Kier molecular flexibility index (Phi) is 3.44. The van der Waals surface area contributed by atoms with E-state index in [1.54, 1.807) is 13.0 Å². The Balaban J connectivity index is 3.20. The smallest absolute Gasteiger partial charge is 0.339 e. The number of carboxylic acids is 1. The van der Waals surface area contributed by atoms with Gasteiger partial charge in [0.1, 0.15) is 11.3 Å². The van der Waals surface area contributed by atoms with E-state index in [0.717, 1.165) is 0 Å². The van der Waals surface area contributed by atoms with E-state index in [1.807, 2.05) is 0 Å². The van der Waals surface area contributed by atoms with Gasteiger partial charge in [0, 0.05) is 5.56 Å². The van der Waals surface area contributed by atoms with E-state index in [0.29, 0.717) is 12.2 Å². The highest BCUT2D eigenvalue weighted by molar-refractivity contribution is 5.98. The van der Waals surface area contributed by atoms with E-state index in [-0.39, 0.29) is 17.1 Å². The zero-order chi connectivity index (χ0) is 11.4. The number of aromatic carboxylic acids is 1. The molecule has 0 unspecified atom stereocenters. The molecule has 0 spiro atoms. The lowest BCUT2D eigenvalue weighted by Gasteiger charge is -2.07. The molecule has 1 rings (SSSR count). The molecule has 1 aromatic rings. The zero-order valence-electron chi connectivity index (χ0n) is 8.61. The maximum absolute atomic E-state index is 11.1. The topological polar surface area (TPSA) is 63.6 Å². The SMILES string of the molecule is CCOc1ccc(C(C)=O)cc1C(=O)O. The van der Waals surface area contributed by atoms with Gasteiger partial charge in [-0.2, -0.15) is 0 Å². The number of carboxylic acid groups (broad SMARTS) is 1. The second-order valence-electron chi connectivity index (χ2n) is 3.01. The molecule has 0 aliphatic heterocycles. The molecule has 15 heavy (non-hydrogen) atoms. The minimum atomic E-state index is -1.10. The molecule has 0 aliphatic carbocycles. The van der Waals surface area contributed by atoms with Crippen LogP contribution in [-0.4, -0.2) is 23.5 Å². The van der Waals surface area contributed by atoms with Crippen molar-refractivity contribution in [3.05, 3.63) is 29.3 Å². The number of carbonyl (C=O) groups excluding carboxylic acids is 1. The predicted molar refractivity (Wildman–Crippen MR) is 54.6 cm³/mol. The highest BCUT2D eigenvalue weighted by Gasteiger charge is 2.13. The molecule has 0 bridgehead atoms. The molecule has 0 aromatic heterocycles. The van der Waals surface area contributed by atoms with Crippen LogP contribution in [-0.2, 0) is 0 Å². The van der Waals surface area contributed by atoms with E-state index >= 15 is 0 Å². The van der Waals surface area contributed by atoms with Crippen LogP contribution in [0.3, 0.4) is 0 Å². The molecule has 0 radical (unpaired) electrons. The lowest BCUT2D eigenvalue weighted by Crippen LogP contribution is -2.05. The van der Waals surface area contributed by atoms with E-state index in [2.05, 4.69) is 0 Å². The molecule has 0 aliphatic rings. The lowest BCUT2D eigenvalue weighted by atomic mass is 10.1. The maximum Gasteiger partial charge on any atom is 0.339 e. The van der Waals surface area contributed by atoms with Gasteiger partial charge >= 0.3 is 5.97 Å². The van der Waals surface area contributed by atoms with Gasteiger partial charge in [0.25, 0.3) is 0 Å². The Hall–Kier alpha value is -1.84. The Morgan fingerprint density at radius 1 is 1.40 bits per heavy atom. The number of hydrogen-bond acceptors (Lipinski definition) is 3. The van der Waals surface area contributed by atoms with Crippen molar-refractivity contribution in [1.29, 1.82) is 0 Å². The highest BCUT2D eigenvalue weighted by atomic mass is 16.5. The summed E-state index contributed by atoms with van der Waals surface area (Å²) >= 11 is 0. The summed E-state index contributed by atoms with van der Waals surface area (Å²) in [6.07, 6.45) is 0. The van der Waals surface area contributed by atoms with Gasteiger partial charge in [-0.15, -0.1) is 0 Å². The third-order valence-corrected chi connectivity index (χ3v) is 1.92. The normalized spacial score (nSPS) is 9.73. The van der Waals surface area contributed by atoms with Crippen molar-refractivity contribution in [3.8, 4) is 5.75 Å². The van der Waals surface area contributed by atoms with Gasteiger partial charge in [0.15, 0.2) is 5.78 Å². The molecular weight excluding hydrogens is 196 g/mol. The number of ketones is 1. The Morgan fingerprint density at radius 2 is 2.07 bits per heavy atom. The highest BCUT2D eigenvalue weighted by Crippen LogP contribution is 2.20. The van der Waals surface area contributed by atoms with E-state index in [4.69, 9.17) is 9.84 Å². The summed E-state index contributed by atoms with van der Waals surface area (Å²) in [6, 6.07) is 4.39. The van der Waals surface area contributed by atoms with Crippen molar-refractivity contribution in [2.24, 2.45) is 0 Å². The lowest BCUT2D eigenvalue weighted by molar-refractivity contribution is 0.0692. The molecule has 0 atom stereocenters. The van der Waals surface area contributed by atoms with Crippen LogP contribution in [0, 0.1) is 0 Å². The third kappa shape index (κ3) is 2.56. The van der Waals surface area contributed by atoms with Crippen molar-refractivity contribution in [1.82, 2.24) is 0 Å². The summed E-state index contributed by atoms with van der Waals surface area (Å²) in [5.41, 5.74) is 0.389. The second-order valence-corrected chi connectivity index (χ2v) is 3.01. The summed E-state index contributed by atoms with van der Waals surface area (Å²) in [5, 5.41) is 8.91. The first-order valence-corrected chi connectivity index (χ1v) is 4.57. The average molecular weight is 208 g/mol. The Morgan fingerprint density at radius 3 is 2.53 bits per heavy atom. The third-order valence-electron chi connectivity index (χ3n) is 1.92. The minimum absolute atomic E-state index is 0.0181.